The number of ketones is 1. The number of hydrogen-bond acceptors (Lipinski definition) is 3. The number of amides is 1. The minimum absolute atomic E-state index is 0.0539. The van der Waals surface area contributed by atoms with Crippen molar-refractivity contribution in [3.63, 3.8) is 0 Å². The lowest BCUT2D eigenvalue weighted by atomic mass is 10.1. The number of nitrogens with two attached hydrogens (primary N) is 1. The second-order valence-electron chi connectivity index (χ2n) is 4.14. The van der Waals surface area contributed by atoms with Crippen molar-refractivity contribution in [1.29, 1.82) is 0 Å². The molecule has 0 fully saturated rings. The molecule has 102 valence electrons. The quantitative estimate of drug-likeness (QED) is 0.845. The van der Waals surface area contributed by atoms with Gasteiger partial charge in [-0.05, 0) is 40.2 Å². The fourth-order valence-electron chi connectivity index (χ4n) is 1.73. The summed E-state index contributed by atoms with van der Waals surface area (Å²) in [5, 5.41) is 2.76. The summed E-state index contributed by atoms with van der Waals surface area (Å²) in [7, 11) is 0. The lowest BCUT2D eigenvalue weighted by Crippen LogP contribution is -2.15. The highest BCUT2D eigenvalue weighted by molar-refractivity contribution is 9.10. The second kappa shape index (κ2) is 6.45. The maximum atomic E-state index is 12.1. The molecule has 0 aliphatic heterocycles. The number of carbonyl (C=O) groups is 2. The Balaban J connectivity index is 2.20. The smallest absolute Gasteiger partial charge is 0.256 e. The van der Waals surface area contributed by atoms with E-state index in [4.69, 9.17) is 5.73 Å². The number of benzene rings is 2. The van der Waals surface area contributed by atoms with Crippen LogP contribution < -0.4 is 11.1 Å². The van der Waals surface area contributed by atoms with E-state index in [1.54, 1.807) is 42.5 Å². The van der Waals surface area contributed by atoms with Crippen LogP contribution in [0.3, 0.4) is 0 Å². The summed E-state index contributed by atoms with van der Waals surface area (Å²) in [5.74, 6) is -0.406. The van der Waals surface area contributed by atoms with Gasteiger partial charge in [-0.3, -0.25) is 9.59 Å². The van der Waals surface area contributed by atoms with Gasteiger partial charge in [0.2, 0.25) is 0 Å². The van der Waals surface area contributed by atoms with Crippen LogP contribution in [0.5, 0.6) is 0 Å². The van der Waals surface area contributed by atoms with E-state index in [-0.39, 0.29) is 18.2 Å². The van der Waals surface area contributed by atoms with Crippen LogP contribution in [0.15, 0.2) is 53.0 Å². The molecule has 4 nitrogen and oxygen atoms in total. The number of hydrogen-bond donors (Lipinski definition) is 2. The molecule has 0 radical (unpaired) electrons. The topological polar surface area (TPSA) is 72.2 Å². The Morgan fingerprint density at radius 2 is 1.85 bits per heavy atom. The molecule has 0 saturated carbocycles. The molecule has 0 atom stereocenters. The van der Waals surface area contributed by atoms with E-state index in [1.165, 1.54) is 0 Å². The molecule has 1 amide bonds. The highest BCUT2D eigenvalue weighted by Crippen LogP contribution is 2.18. The summed E-state index contributed by atoms with van der Waals surface area (Å²) < 4.78 is 0.715. The number of carbonyl (C=O) groups excluding carboxylic acids is 2. The predicted octanol–water partition coefficient (Wildman–Crippen LogP) is 2.84. The first-order valence-corrected chi connectivity index (χ1v) is 6.80. The Labute approximate surface area is 125 Å². The average molecular weight is 333 g/mol. The van der Waals surface area contributed by atoms with E-state index in [2.05, 4.69) is 21.2 Å². The highest BCUT2D eigenvalue weighted by atomic mass is 79.9. The van der Waals surface area contributed by atoms with Crippen LogP contribution in [0.4, 0.5) is 5.69 Å². The Morgan fingerprint density at radius 1 is 1.10 bits per heavy atom. The summed E-state index contributed by atoms with van der Waals surface area (Å²) in [5.41, 5.74) is 6.90. The lowest BCUT2D eigenvalue weighted by molar-refractivity contribution is 0.0997. The molecule has 0 heterocycles. The predicted molar refractivity (Wildman–Crippen MR) is 81.9 cm³/mol. The first kappa shape index (κ1) is 14.4. The van der Waals surface area contributed by atoms with Gasteiger partial charge >= 0.3 is 0 Å². The van der Waals surface area contributed by atoms with Gasteiger partial charge < -0.3 is 11.1 Å². The largest absolute Gasteiger partial charge is 0.324 e. The van der Waals surface area contributed by atoms with E-state index in [0.29, 0.717) is 21.3 Å². The van der Waals surface area contributed by atoms with Gasteiger partial charge in [-0.25, -0.2) is 0 Å². The Bertz CT molecular complexity index is 656. The number of anilines is 1. The highest BCUT2D eigenvalue weighted by Gasteiger charge is 2.10. The van der Waals surface area contributed by atoms with Gasteiger partial charge in [-0.15, -0.1) is 0 Å². The molecule has 2 rings (SSSR count). The zero-order valence-electron chi connectivity index (χ0n) is 10.6. The fourth-order valence-corrected chi connectivity index (χ4v) is 2.20. The molecule has 2 aromatic carbocycles. The van der Waals surface area contributed by atoms with Crippen molar-refractivity contribution < 1.29 is 9.59 Å². The molecule has 0 bridgehead atoms. The van der Waals surface area contributed by atoms with Crippen molar-refractivity contribution in [3.05, 3.63) is 64.1 Å². The number of Topliss-reactive ketones (excluding diaryl/α,β-unsaturated/α-hetero) is 1. The van der Waals surface area contributed by atoms with Gasteiger partial charge in [-0.2, -0.15) is 0 Å². The molecule has 3 N–H and O–H groups in total. The number of halogens is 1. The van der Waals surface area contributed by atoms with E-state index < -0.39 is 0 Å². The van der Waals surface area contributed by atoms with Crippen LogP contribution in [0, 0.1) is 0 Å². The van der Waals surface area contributed by atoms with Gasteiger partial charge in [0, 0.05) is 15.7 Å². The number of rotatable bonds is 4. The Hall–Kier alpha value is -1.98. The zero-order chi connectivity index (χ0) is 14.5. The minimum atomic E-state index is -0.241. The van der Waals surface area contributed by atoms with Crippen molar-refractivity contribution in [2.24, 2.45) is 5.73 Å². The summed E-state index contributed by atoms with van der Waals surface area (Å²) in [6.45, 7) is -0.0539. The third-order valence-corrected chi connectivity index (χ3v) is 3.44. The maximum absolute atomic E-state index is 12.1. The lowest BCUT2D eigenvalue weighted by Gasteiger charge is -2.08. The summed E-state index contributed by atoms with van der Waals surface area (Å²) >= 11 is 3.33. The monoisotopic (exact) mass is 332 g/mol. The van der Waals surface area contributed by atoms with E-state index >= 15 is 0 Å². The molecular formula is C15H13BrN2O2. The first-order chi connectivity index (χ1) is 9.61. The number of nitrogens with one attached hydrogen (secondary N) is 1. The molecule has 0 aliphatic carbocycles. The standard InChI is InChI=1S/C15H13BrN2O2/c16-13-7-2-1-6-12(13)15(20)18-11-5-3-4-10(8-11)14(19)9-17/h1-8H,9,17H2,(H,18,20). The van der Waals surface area contributed by atoms with Gasteiger partial charge in [0.15, 0.2) is 5.78 Å². The van der Waals surface area contributed by atoms with E-state index in [1.807, 2.05) is 6.07 Å². The van der Waals surface area contributed by atoms with Crippen LogP contribution in [0.25, 0.3) is 0 Å². The Morgan fingerprint density at radius 3 is 2.55 bits per heavy atom. The van der Waals surface area contributed by atoms with Gasteiger partial charge in [0.1, 0.15) is 0 Å². The third-order valence-electron chi connectivity index (χ3n) is 2.75. The Kier molecular flexibility index (Phi) is 4.65. The van der Waals surface area contributed by atoms with Gasteiger partial charge in [0.05, 0.1) is 12.1 Å². The molecular weight excluding hydrogens is 320 g/mol. The van der Waals surface area contributed by atoms with E-state index in [0.717, 1.165) is 0 Å². The van der Waals surface area contributed by atoms with Crippen LogP contribution in [-0.2, 0) is 0 Å². The normalized spacial score (nSPS) is 10.1. The molecule has 0 unspecified atom stereocenters. The summed E-state index contributed by atoms with van der Waals surface area (Å²) in [4.78, 5) is 23.7. The van der Waals surface area contributed by atoms with Crippen molar-refractivity contribution in [3.8, 4) is 0 Å². The molecule has 20 heavy (non-hydrogen) atoms. The molecule has 0 aromatic heterocycles. The van der Waals surface area contributed by atoms with Gasteiger partial charge in [-0.1, -0.05) is 24.3 Å². The van der Waals surface area contributed by atoms with Crippen LogP contribution >= 0.6 is 15.9 Å². The molecule has 0 aliphatic rings. The molecule has 2 aromatic rings. The molecule has 0 saturated heterocycles. The third kappa shape index (κ3) is 3.31. The minimum Gasteiger partial charge on any atom is -0.324 e. The summed E-state index contributed by atoms with van der Waals surface area (Å²) in [6, 6.07) is 13.8. The molecule has 0 spiro atoms. The van der Waals surface area contributed by atoms with Gasteiger partial charge in [0.25, 0.3) is 5.91 Å². The summed E-state index contributed by atoms with van der Waals surface area (Å²) in [6.07, 6.45) is 0. The fraction of sp³-hybridized carbons (Fsp3) is 0.0667. The van der Waals surface area contributed by atoms with Crippen LogP contribution in [-0.4, -0.2) is 18.2 Å². The SMILES string of the molecule is NCC(=O)c1cccc(NC(=O)c2ccccc2Br)c1. The molecule has 5 heteroatoms. The maximum Gasteiger partial charge on any atom is 0.256 e. The zero-order valence-corrected chi connectivity index (χ0v) is 12.2. The average Bonchev–Trinajstić information content (AvgIpc) is 2.47. The van der Waals surface area contributed by atoms with Crippen molar-refractivity contribution >= 4 is 33.3 Å². The van der Waals surface area contributed by atoms with Crippen molar-refractivity contribution in [2.45, 2.75) is 0 Å². The van der Waals surface area contributed by atoms with E-state index in [9.17, 15) is 9.59 Å². The first-order valence-electron chi connectivity index (χ1n) is 6.01. The van der Waals surface area contributed by atoms with Crippen LogP contribution in [0.1, 0.15) is 20.7 Å². The second-order valence-corrected chi connectivity index (χ2v) is 5.00. The van der Waals surface area contributed by atoms with Crippen molar-refractivity contribution in [1.82, 2.24) is 0 Å². The van der Waals surface area contributed by atoms with Crippen molar-refractivity contribution in [2.75, 3.05) is 11.9 Å². The van der Waals surface area contributed by atoms with Crippen LogP contribution in [0.2, 0.25) is 0 Å².